The van der Waals surface area contributed by atoms with E-state index in [4.69, 9.17) is 23.8 Å². The Labute approximate surface area is 183 Å². The monoisotopic (exact) mass is 468 g/mol. The van der Waals surface area contributed by atoms with E-state index in [1.807, 2.05) is 0 Å². The van der Waals surface area contributed by atoms with Crippen LogP contribution in [0.3, 0.4) is 0 Å². The number of carbonyl (C=O) groups excluding carboxylic acids is 1. The fourth-order valence-electron chi connectivity index (χ4n) is 2.92. The number of nitrogens with zero attached hydrogens (tertiary/aromatic N) is 2. The standard InChI is InChI=1S/C18H17ClN4O5S2/c19-15-8-3-12(11-16(15)23(25)26)17(24)21-18(29)20-13-4-6-14(7-5-13)30(27,28)22-9-1-2-10-22/h3-8,11H,1-2,9-10H2,(H2,20,21,24,29). The Bertz CT molecular complexity index is 1100. The summed E-state index contributed by atoms with van der Waals surface area (Å²) >= 11 is 10.8. The number of halogens is 1. The SMILES string of the molecule is O=C(NC(=S)Nc1ccc(S(=O)(=O)N2CCCC2)cc1)c1ccc(Cl)c([N+](=O)[O-])c1. The molecule has 1 aliphatic rings. The van der Waals surface area contributed by atoms with Crippen LogP contribution in [0, 0.1) is 10.1 Å². The summed E-state index contributed by atoms with van der Waals surface area (Å²) in [5.41, 5.74) is 0.100. The van der Waals surface area contributed by atoms with Gasteiger partial charge in [0.1, 0.15) is 5.02 Å². The van der Waals surface area contributed by atoms with Crippen LogP contribution in [0.1, 0.15) is 23.2 Å². The Kier molecular flexibility index (Phi) is 6.66. The molecular formula is C18H17ClN4O5S2. The minimum absolute atomic E-state index is 0.0160. The first-order valence-corrected chi connectivity index (χ1v) is 11.1. The number of hydrogen-bond donors (Lipinski definition) is 2. The molecule has 12 heteroatoms. The van der Waals surface area contributed by atoms with E-state index < -0.39 is 26.5 Å². The zero-order chi connectivity index (χ0) is 21.9. The third-order valence-corrected chi connectivity index (χ3v) is 6.88. The molecule has 0 saturated carbocycles. The first-order chi connectivity index (χ1) is 14.2. The van der Waals surface area contributed by atoms with E-state index in [2.05, 4.69) is 10.6 Å². The zero-order valence-electron chi connectivity index (χ0n) is 15.5. The molecule has 1 heterocycles. The van der Waals surface area contributed by atoms with Crippen LogP contribution in [0.15, 0.2) is 47.4 Å². The molecule has 1 saturated heterocycles. The second-order valence-electron chi connectivity index (χ2n) is 6.47. The first-order valence-electron chi connectivity index (χ1n) is 8.85. The molecule has 1 fully saturated rings. The van der Waals surface area contributed by atoms with E-state index in [1.165, 1.54) is 40.7 Å². The molecule has 0 spiro atoms. The van der Waals surface area contributed by atoms with Gasteiger partial charge in [-0.2, -0.15) is 4.31 Å². The van der Waals surface area contributed by atoms with Gasteiger partial charge in [0.05, 0.1) is 9.82 Å². The van der Waals surface area contributed by atoms with Gasteiger partial charge in [-0.25, -0.2) is 8.42 Å². The number of sulfonamides is 1. The van der Waals surface area contributed by atoms with Crippen molar-refractivity contribution in [3.05, 3.63) is 63.2 Å². The van der Waals surface area contributed by atoms with Crippen molar-refractivity contribution in [2.75, 3.05) is 18.4 Å². The normalized spacial score (nSPS) is 14.3. The Morgan fingerprint density at radius 3 is 2.37 bits per heavy atom. The van der Waals surface area contributed by atoms with Gasteiger partial charge in [0, 0.05) is 30.4 Å². The number of benzene rings is 2. The highest BCUT2D eigenvalue weighted by molar-refractivity contribution is 7.89. The highest BCUT2D eigenvalue weighted by atomic mass is 35.5. The molecule has 1 aliphatic heterocycles. The van der Waals surface area contributed by atoms with Crippen molar-refractivity contribution in [1.29, 1.82) is 0 Å². The molecular weight excluding hydrogens is 452 g/mol. The molecule has 1 amide bonds. The van der Waals surface area contributed by atoms with Gasteiger partial charge in [0.2, 0.25) is 10.0 Å². The molecule has 0 aliphatic carbocycles. The van der Waals surface area contributed by atoms with Crippen LogP contribution in [-0.4, -0.2) is 41.8 Å². The summed E-state index contributed by atoms with van der Waals surface area (Å²) in [6, 6.07) is 9.64. The molecule has 2 N–H and O–H groups in total. The maximum absolute atomic E-state index is 12.5. The van der Waals surface area contributed by atoms with Gasteiger partial charge >= 0.3 is 0 Å². The number of carbonyl (C=O) groups is 1. The fraction of sp³-hybridized carbons (Fsp3) is 0.222. The number of nitrogens with one attached hydrogen (secondary N) is 2. The Morgan fingerprint density at radius 2 is 1.77 bits per heavy atom. The summed E-state index contributed by atoms with van der Waals surface area (Å²) in [7, 11) is -3.52. The van der Waals surface area contributed by atoms with Crippen molar-refractivity contribution < 1.29 is 18.1 Å². The minimum atomic E-state index is -3.52. The lowest BCUT2D eigenvalue weighted by Crippen LogP contribution is -2.34. The third kappa shape index (κ3) is 4.93. The number of nitro benzene ring substituents is 1. The van der Waals surface area contributed by atoms with E-state index in [0.29, 0.717) is 18.8 Å². The lowest BCUT2D eigenvalue weighted by atomic mass is 10.2. The number of rotatable bonds is 5. The van der Waals surface area contributed by atoms with Gasteiger partial charge in [0.25, 0.3) is 11.6 Å². The van der Waals surface area contributed by atoms with Crippen LogP contribution in [0.4, 0.5) is 11.4 Å². The van der Waals surface area contributed by atoms with Crippen molar-refractivity contribution in [3.63, 3.8) is 0 Å². The van der Waals surface area contributed by atoms with Crippen molar-refractivity contribution in [2.45, 2.75) is 17.7 Å². The van der Waals surface area contributed by atoms with Crippen LogP contribution in [0.5, 0.6) is 0 Å². The minimum Gasteiger partial charge on any atom is -0.332 e. The van der Waals surface area contributed by atoms with E-state index in [1.54, 1.807) is 0 Å². The third-order valence-electron chi connectivity index (χ3n) is 4.45. The molecule has 0 unspecified atom stereocenters. The number of amides is 1. The quantitative estimate of drug-likeness (QED) is 0.392. The van der Waals surface area contributed by atoms with Crippen LogP contribution < -0.4 is 10.6 Å². The Balaban J connectivity index is 1.64. The summed E-state index contributed by atoms with van der Waals surface area (Å²) in [6.45, 7) is 1.03. The summed E-state index contributed by atoms with van der Waals surface area (Å²) in [5, 5.41) is 16.0. The van der Waals surface area contributed by atoms with Crippen LogP contribution in [0.25, 0.3) is 0 Å². The van der Waals surface area contributed by atoms with Crippen molar-refractivity contribution in [2.24, 2.45) is 0 Å². The average molecular weight is 469 g/mol. The van der Waals surface area contributed by atoms with Gasteiger partial charge in [-0.15, -0.1) is 0 Å². The predicted octanol–water partition coefficient (Wildman–Crippen LogP) is 3.16. The van der Waals surface area contributed by atoms with Gasteiger partial charge in [-0.05, 0) is 61.5 Å². The largest absolute Gasteiger partial charge is 0.332 e. The van der Waals surface area contributed by atoms with Gasteiger partial charge in [-0.3, -0.25) is 20.2 Å². The second-order valence-corrected chi connectivity index (χ2v) is 9.22. The highest BCUT2D eigenvalue weighted by Crippen LogP contribution is 2.25. The highest BCUT2D eigenvalue weighted by Gasteiger charge is 2.27. The molecule has 2 aromatic carbocycles. The van der Waals surface area contributed by atoms with Gasteiger partial charge < -0.3 is 5.32 Å². The molecule has 2 aromatic rings. The summed E-state index contributed by atoms with van der Waals surface area (Å²) in [6.07, 6.45) is 1.70. The molecule has 0 radical (unpaired) electrons. The first kappa shape index (κ1) is 22.1. The topological polar surface area (TPSA) is 122 Å². The molecule has 0 atom stereocenters. The lowest BCUT2D eigenvalue weighted by molar-refractivity contribution is -0.384. The number of anilines is 1. The second kappa shape index (κ2) is 9.04. The Morgan fingerprint density at radius 1 is 1.13 bits per heavy atom. The maximum Gasteiger partial charge on any atom is 0.288 e. The molecule has 9 nitrogen and oxygen atoms in total. The number of nitro groups is 1. The van der Waals surface area contributed by atoms with Gasteiger partial charge in [0.15, 0.2) is 5.11 Å². The summed E-state index contributed by atoms with van der Waals surface area (Å²) < 4.78 is 26.5. The zero-order valence-corrected chi connectivity index (χ0v) is 17.9. The predicted molar refractivity (Wildman–Crippen MR) is 116 cm³/mol. The van der Waals surface area contributed by atoms with Crippen LogP contribution >= 0.6 is 23.8 Å². The van der Waals surface area contributed by atoms with E-state index >= 15 is 0 Å². The summed E-state index contributed by atoms with van der Waals surface area (Å²) in [5.74, 6) is -0.652. The van der Waals surface area contributed by atoms with Gasteiger partial charge in [-0.1, -0.05) is 11.6 Å². The molecule has 3 rings (SSSR count). The fourth-order valence-corrected chi connectivity index (χ4v) is 4.83. The molecule has 0 aromatic heterocycles. The summed E-state index contributed by atoms with van der Waals surface area (Å²) in [4.78, 5) is 22.7. The van der Waals surface area contributed by atoms with E-state index in [0.717, 1.165) is 18.9 Å². The van der Waals surface area contributed by atoms with Crippen LogP contribution in [0.2, 0.25) is 5.02 Å². The lowest BCUT2D eigenvalue weighted by Gasteiger charge is -2.16. The average Bonchev–Trinajstić information content (AvgIpc) is 3.24. The molecule has 30 heavy (non-hydrogen) atoms. The number of thiocarbonyl (C=S) groups is 1. The van der Waals surface area contributed by atoms with Crippen molar-refractivity contribution >= 4 is 56.2 Å². The maximum atomic E-state index is 12.5. The molecule has 0 bridgehead atoms. The van der Waals surface area contributed by atoms with Crippen molar-refractivity contribution in [1.82, 2.24) is 9.62 Å². The van der Waals surface area contributed by atoms with Crippen molar-refractivity contribution in [3.8, 4) is 0 Å². The Hall–Kier alpha value is -2.60. The van der Waals surface area contributed by atoms with E-state index in [-0.39, 0.29) is 20.6 Å². The number of hydrogen-bond acceptors (Lipinski definition) is 6. The molecule has 158 valence electrons. The van der Waals surface area contributed by atoms with Crippen LogP contribution in [-0.2, 0) is 10.0 Å². The smallest absolute Gasteiger partial charge is 0.288 e. The van der Waals surface area contributed by atoms with E-state index in [9.17, 15) is 23.3 Å².